The Morgan fingerprint density at radius 2 is 2.04 bits per heavy atom. The third kappa shape index (κ3) is 5.36. The van der Waals surface area contributed by atoms with Gasteiger partial charge in [0.15, 0.2) is 5.96 Å². The normalized spacial score (nSPS) is 20.7. The zero-order valence-electron chi connectivity index (χ0n) is 14.2. The summed E-state index contributed by atoms with van der Waals surface area (Å²) >= 11 is 0. The number of para-hydroxylation sites is 1. The van der Waals surface area contributed by atoms with Crippen molar-refractivity contribution < 1.29 is 4.79 Å². The molecule has 1 unspecified atom stereocenters. The minimum Gasteiger partial charge on any atom is -0.356 e. The first kappa shape index (κ1) is 19.0. The first-order chi connectivity index (χ1) is 11.3. The lowest BCUT2D eigenvalue weighted by Gasteiger charge is -2.19. The van der Waals surface area contributed by atoms with E-state index in [-0.39, 0.29) is 35.9 Å². The maximum absolute atomic E-state index is 12.2. The number of guanidine groups is 1. The Balaban J connectivity index is 0.00000208. The SMILES string of the molecule is CN=C(NCCCC1CC1)NC1CC(=O)N(c2ccccc2)C1.I. The Morgan fingerprint density at radius 3 is 2.71 bits per heavy atom. The Kier molecular flexibility index (Phi) is 7.33. The van der Waals surface area contributed by atoms with Crippen LogP contribution in [0.5, 0.6) is 0 Å². The van der Waals surface area contributed by atoms with Gasteiger partial charge in [0.05, 0.1) is 6.04 Å². The van der Waals surface area contributed by atoms with Gasteiger partial charge in [-0.15, -0.1) is 24.0 Å². The molecule has 5 nitrogen and oxygen atoms in total. The van der Waals surface area contributed by atoms with Gasteiger partial charge in [-0.3, -0.25) is 9.79 Å². The van der Waals surface area contributed by atoms with E-state index >= 15 is 0 Å². The maximum Gasteiger partial charge on any atom is 0.229 e. The summed E-state index contributed by atoms with van der Waals surface area (Å²) in [5.41, 5.74) is 0.967. The number of nitrogens with zero attached hydrogens (tertiary/aromatic N) is 2. The molecule has 1 amide bonds. The monoisotopic (exact) mass is 442 g/mol. The van der Waals surface area contributed by atoms with E-state index in [1.807, 2.05) is 35.2 Å². The number of carbonyl (C=O) groups is 1. The Bertz CT molecular complexity index is 559. The van der Waals surface area contributed by atoms with Crippen LogP contribution in [-0.2, 0) is 4.79 Å². The van der Waals surface area contributed by atoms with E-state index in [1.165, 1.54) is 25.7 Å². The summed E-state index contributed by atoms with van der Waals surface area (Å²) in [6, 6.07) is 9.95. The second-order valence-corrected chi connectivity index (χ2v) is 6.47. The number of halogens is 1. The van der Waals surface area contributed by atoms with Crippen LogP contribution in [0.1, 0.15) is 32.1 Å². The molecule has 1 aromatic rings. The molecule has 2 N–H and O–H groups in total. The zero-order chi connectivity index (χ0) is 16.1. The first-order valence-electron chi connectivity index (χ1n) is 8.59. The molecule has 0 aromatic heterocycles. The van der Waals surface area contributed by atoms with Crippen LogP contribution in [0, 0.1) is 5.92 Å². The number of amides is 1. The lowest BCUT2D eigenvalue weighted by Crippen LogP contribution is -2.44. The van der Waals surface area contributed by atoms with E-state index in [0.717, 1.165) is 24.1 Å². The van der Waals surface area contributed by atoms with Crippen molar-refractivity contribution >= 4 is 41.5 Å². The maximum atomic E-state index is 12.2. The van der Waals surface area contributed by atoms with Crippen LogP contribution in [0.3, 0.4) is 0 Å². The number of benzene rings is 1. The van der Waals surface area contributed by atoms with Gasteiger partial charge in [-0.05, 0) is 30.9 Å². The molecule has 1 atom stereocenters. The lowest BCUT2D eigenvalue weighted by atomic mass is 10.2. The molecule has 6 heteroatoms. The molecule has 0 spiro atoms. The second kappa shape index (κ2) is 9.25. The second-order valence-electron chi connectivity index (χ2n) is 6.47. The van der Waals surface area contributed by atoms with Crippen molar-refractivity contribution in [1.29, 1.82) is 0 Å². The summed E-state index contributed by atoms with van der Waals surface area (Å²) in [6.07, 6.45) is 5.83. The highest BCUT2D eigenvalue weighted by molar-refractivity contribution is 14.0. The van der Waals surface area contributed by atoms with Crippen molar-refractivity contribution in [2.45, 2.75) is 38.1 Å². The molecule has 2 aliphatic rings. The van der Waals surface area contributed by atoms with Crippen molar-refractivity contribution in [2.24, 2.45) is 10.9 Å². The van der Waals surface area contributed by atoms with Crippen LogP contribution in [0.4, 0.5) is 5.69 Å². The number of anilines is 1. The molecule has 132 valence electrons. The summed E-state index contributed by atoms with van der Waals surface area (Å²) in [5, 5.41) is 6.73. The highest BCUT2D eigenvalue weighted by atomic mass is 127. The molecule has 2 fully saturated rings. The number of hydrogen-bond acceptors (Lipinski definition) is 2. The summed E-state index contributed by atoms with van der Waals surface area (Å²) in [4.78, 5) is 18.3. The average molecular weight is 442 g/mol. The van der Waals surface area contributed by atoms with Crippen molar-refractivity contribution in [2.75, 3.05) is 25.0 Å². The zero-order valence-corrected chi connectivity index (χ0v) is 16.5. The summed E-state index contributed by atoms with van der Waals surface area (Å²) in [6.45, 7) is 1.63. The molecule has 1 heterocycles. The van der Waals surface area contributed by atoms with Gasteiger partial charge in [0.25, 0.3) is 0 Å². The van der Waals surface area contributed by atoms with Gasteiger partial charge < -0.3 is 15.5 Å². The van der Waals surface area contributed by atoms with E-state index in [1.54, 1.807) is 7.05 Å². The highest BCUT2D eigenvalue weighted by Gasteiger charge is 2.31. The van der Waals surface area contributed by atoms with Crippen molar-refractivity contribution in [1.82, 2.24) is 10.6 Å². The molecular formula is C18H27IN4O. The van der Waals surface area contributed by atoms with Gasteiger partial charge in [-0.25, -0.2) is 0 Å². The number of nitrogens with one attached hydrogen (secondary N) is 2. The molecule has 1 saturated carbocycles. The molecule has 24 heavy (non-hydrogen) atoms. The number of rotatable bonds is 6. The molecule has 1 aromatic carbocycles. The van der Waals surface area contributed by atoms with Gasteiger partial charge >= 0.3 is 0 Å². The molecule has 1 saturated heterocycles. The van der Waals surface area contributed by atoms with Crippen LogP contribution >= 0.6 is 24.0 Å². The molecule has 0 bridgehead atoms. The van der Waals surface area contributed by atoms with Crippen molar-refractivity contribution in [3.8, 4) is 0 Å². The van der Waals surface area contributed by atoms with E-state index in [9.17, 15) is 4.79 Å². The largest absolute Gasteiger partial charge is 0.356 e. The number of hydrogen-bond donors (Lipinski definition) is 2. The van der Waals surface area contributed by atoms with Crippen molar-refractivity contribution in [3.05, 3.63) is 30.3 Å². The fourth-order valence-electron chi connectivity index (χ4n) is 3.05. The summed E-state index contributed by atoms with van der Waals surface area (Å²) in [7, 11) is 1.78. The van der Waals surface area contributed by atoms with E-state index < -0.39 is 0 Å². The quantitative estimate of drug-likeness (QED) is 0.308. The van der Waals surface area contributed by atoms with Crippen LogP contribution in [-0.4, -0.2) is 38.0 Å². The predicted octanol–water partition coefficient (Wildman–Crippen LogP) is 2.77. The van der Waals surface area contributed by atoms with Gasteiger partial charge in [-0.1, -0.05) is 31.0 Å². The number of aliphatic imine (C=N–C) groups is 1. The third-order valence-electron chi connectivity index (χ3n) is 4.54. The van der Waals surface area contributed by atoms with E-state index in [2.05, 4.69) is 15.6 Å². The Hall–Kier alpha value is -1.31. The topological polar surface area (TPSA) is 56.7 Å². The van der Waals surface area contributed by atoms with Gasteiger partial charge in [0.1, 0.15) is 0 Å². The average Bonchev–Trinajstić information content (AvgIpc) is 3.33. The minimum absolute atomic E-state index is 0. The van der Waals surface area contributed by atoms with E-state index in [0.29, 0.717) is 13.0 Å². The predicted molar refractivity (Wildman–Crippen MR) is 109 cm³/mol. The Morgan fingerprint density at radius 1 is 1.29 bits per heavy atom. The minimum atomic E-state index is 0. The fraction of sp³-hybridized carbons (Fsp3) is 0.556. The standard InChI is InChI=1S/C18H26N4O.HI/c1-19-18(20-11-5-6-14-9-10-14)21-15-12-17(23)22(13-15)16-7-3-2-4-8-16;/h2-4,7-8,14-15H,5-6,9-13H2,1H3,(H2,19,20,21);1H. The third-order valence-corrected chi connectivity index (χ3v) is 4.54. The molecule has 0 radical (unpaired) electrons. The lowest BCUT2D eigenvalue weighted by molar-refractivity contribution is -0.117. The van der Waals surface area contributed by atoms with Crippen LogP contribution in [0.15, 0.2) is 35.3 Å². The molecule has 1 aliphatic heterocycles. The summed E-state index contributed by atoms with van der Waals surface area (Å²) < 4.78 is 0. The molecular weight excluding hydrogens is 415 g/mol. The van der Waals surface area contributed by atoms with Gasteiger partial charge in [0.2, 0.25) is 5.91 Å². The Labute approximate surface area is 161 Å². The van der Waals surface area contributed by atoms with Gasteiger partial charge in [-0.2, -0.15) is 0 Å². The van der Waals surface area contributed by atoms with Crippen LogP contribution in [0.25, 0.3) is 0 Å². The first-order valence-corrected chi connectivity index (χ1v) is 8.59. The van der Waals surface area contributed by atoms with Crippen LogP contribution in [0.2, 0.25) is 0 Å². The summed E-state index contributed by atoms with van der Waals surface area (Å²) in [5.74, 6) is 1.94. The molecule has 1 aliphatic carbocycles. The van der Waals surface area contributed by atoms with Crippen molar-refractivity contribution in [3.63, 3.8) is 0 Å². The smallest absolute Gasteiger partial charge is 0.229 e. The fourth-order valence-corrected chi connectivity index (χ4v) is 3.05. The highest BCUT2D eigenvalue weighted by Crippen LogP contribution is 2.33. The van der Waals surface area contributed by atoms with E-state index in [4.69, 9.17) is 0 Å². The number of carbonyl (C=O) groups excluding carboxylic acids is 1. The van der Waals surface area contributed by atoms with Gasteiger partial charge in [0, 0.05) is 32.2 Å². The molecule has 3 rings (SSSR count). The van der Waals surface area contributed by atoms with Crippen LogP contribution < -0.4 is 15.5 Å².